The number of benzene rings is 1. The van der Waals surface area contributed by atoms with E-state index < -0.39 is 17.7 Å². The summed E-state index contributed by atoms with van der Waals surface area (Å²) in [6.45, 7) is 7.61. The molecule has 1 aromatic rings. The summed E-state index contributed by atoms with van der Waals surface area (Å²) in [5.41, 5.74) is 0.551. The highest BCUT2D eigenvalue weighted by atomic mass is 79.9. The molecule has 1 saturated heterocycles. The van der Waals surface area contributed by atoms with Crippen LogP contribution in [0.15, 0.2) is 22.7 Å². The highest BCUT2D eigenvalue weighted by Crippen LogP contribution is 2.29. The lowest BCUT2D eigenvalue weighted by atomic mass is 9.96. The number of anilines is 1. The van der Waals surface area contributed by atoms with E-state index in [2.05, 4.69) is 26.1 Å². The first-order chi connectivity index (χ1) is 11.7. The van der Waals surface area contributed by atoms with Crippen molar-refractivity contribution >= 4 is 33.7 Å². The Morgan fingerprint density at radius 1 is 1.32 bits per heavy atom. The Morgan fingerprint density at radius 3 is 2.52 bits per heavy atom. The Morgan fingerprint density at radius 2 is 1.96 bits per heavy atom. The van der Waals surface area contributed by atoms with Crippen LogP contribution >= 0.6 is 15.9 Å². The van der Waals surface area contributed by atoms with Crippen molar-refractivity contribution in [1.82, 2.24) is 5.32 Å². The molecular formula is C18H25BrN2O4. The number of hydrogen-bond acceptors (Lipinski definition) is 4. The van der Waals surface area contributed by atoms with Crippen molar-refractivity contribution in [3.8, 4) is 0 Å². The number of carbonyl (C=O) groups is 2. The first kappa shape index (κ1) is 19.6. The van der Waals surface area contributed by atoms with Gasteiger partial charge in [0.25, 0.3) is 0 Å². The van der Waals surface area contributed by atoms with Crippen molar-refractivity contribution in [3.63, 3.8) is 0 Å². The van der Waals surface area contributed by atoms with E-state index in [0.717, 1.165) is 36.1 Å². The Kier molecular flexibility index (Phi) is 6.32. The number of carbonyl (C=O) groups excluding carboxylic acids is 1. The van der Waals surface area contributed by atoms with E-state index in [1.165, 1.54) is 0 Å². The third-order valence-corrected chi connectivity index (χ3v) is 4.57. The Bertz CT molecular complexity index is 634. The first-order valence-corrected chi connectivity index (χ1v) is 9.19. The molecule has 25 heavy (non-hydrogen) atoms. The highest BCUT2D eigenvalue weighted by molar-refractivity contribution is 9.10. The molecule has 1 aliphatic rings. The molecule has 1 aliphatic heterocycles. The third kappa shape index (κ3) is 5.92. The van der Waals surface area contributed by atoms with Gasteiger partial charge in [-0.1, -0.05) is 15.9 Å². The molecule has 1 aromatic carbocycles. The zero-order valence-electron chi connectivity index (χ0n) is 14.8. The molecule has 0 saturated carbocycles. The van der Waals surface area contributed by atoms with Gasteiger partial charge in [0, 0.05) is 24.1 Å². The molecule has 138 valence electrons. The SMILES string of the molecule is CC(C)(C)OC(=O)NCC1CCN(c2cc(Br)ccc2C(=O)O)CC1. The summed E-state index contributed by atoms with van der Waals surface area (Å²) in [6.07, 6.45) is 1.39. The molecule has 1 heterocycles. The molecule has 0 aromatic heterocycles. The van der Waals surface area contributed by atoms with E-state index in [1.54, 1.807) is 12.1 Å². The molecule has 0 spiro atoms. The summed E-state index contributed by atoms with van der Waals surface area (Å²) in [6, 6.07) is 5.21. The first-order valence-electron chi connectivity index (χ1n) is 8.40. The van der Waals surface area contributed by atoms with Gasteiger partial charge < -0.3 is 20.1 Å². The van der Waals surface area contributed by atoms with Crippen molar-refractivity contribution in [3.05, 3.63) is 28.2 Å². The van der Waals surface area contributed by atoms with Crippen molar-refractivity contribution in [2.45, 2.75) is 39.2 Å². The Balaban J connectivity index is 1.89. The molecule has 7 heteroatoms. The summed E-state index contributed by atoms with van der Waals surface area (Å²) in [7, 11) is 0. The van der Waals surface area contributed by atoms with Gasteiger partial charge in [0.2, 0.25) is 0 Å². The fourth-order valence-electron chi connectivity index (χ4n) is 2.87. The molecule has 0 bridgehead atoms. The Hall–Kier alpha value is -1.76. The van der Waals surface area contributed by atoms with Gasteiger partial charge >= 0.3 is 12.1 Å². The maximum atomic E-state index is 11.7. The van der Waals surface area contributed by atoms with Crippen LogP contribution in [-0.4, -0.2) is 42.4 Å². The molecule has 1 fully saturated rings. The highest BCUT2D eigenvalue weighted by Gasteiger charge is 2.24. The van der Waals surface area contributed by atoms with E-state index in [-0.39, 0.29) is 0 Å². The normalized spacial score (nSPS) is 15.8. The average molecular weight is 413 g/mol. The minimum Gasteiger partial charge on any atom is -0.478 e. The maximum Gasteiger partial charge on any atom is 0.407 e. The number of nitrogens with zero attached hydrogens (tertiary/aromatic N) is 1. The predicted molar refractivity (Wildman–Crippen MR) is 100 cm³/mol. The summed E-state index contributed by atoms with van der Waals surface area (Å²) in [5.74, 6) is -0.555. The third-order valence-electron chi connectivity index (χ3n) is 4.08. The maximum absolute atomic E-state index is 11.7. The fourth-order valence-corrected chi connectivity index (χ4v) is 3.22. The standard InChI is InChI=1S/C18H25BrN2O4/c1-18(2,3)25-17(24)20-11-12-6-8-21(9-7-12)15-10-13(19)4-5-14(15)16(22)23/h4-5,10,12H,6-9,11H2,1-3H3,(H,20,24)(H,22,23). The number of rotatable bonds is 4. The molecule has 2 N–H and O–H groups in total. The second kappa shape index (κ2) is 8.08. The summed E-state index contributed by atoms with van der Waals surface area (Å²) < 4.78 is 6.11. The van der Waals surface area contributed by atoms with Crippen molar-refractivity contribution in [2.75, 3.05) is 24.5 Å². The molecule has 0 atom stereocenters. The molecule has 1 amide bonds. The van der Waals surface area contributed by atoms with Crippen LogP contribution in [-0.2, 0) is 4.74 Å². The molecule has 0 aliphatic carbocycles. The number of alkyl carbamates (subject to hydrolysis) is 1. The van der Waals surface area contributed by atoms with Gasteiger partial charge in [0.15, 0.2) is 0 Å². The second-order valence-electron chi connectivity index (χ2n) is 7.28. The number of carboxylic acids is 1. The van der Waals surface area contributed by atoms with E-state index >= 15 is 0 Å². The number of hydrogen-bond donors (Lipinski definition) is 2. The number of nitrogens with one attached hydrogen (secondary N) is 1. The predicted octanol–water partition coefficient (Wildman–Crippen LogP) is 3.89. The van der Waals surface area contributed by atoms with Crippen LogP contribution in [0.25, 0.3) is 0 Å². The smallest absolute Gasteiger partial charge is 0.407 e. The molecule has 2 rings (SSSR count). The number of carboxylic acid groups (broad SMARTS) is 1. The molecule has 0 radical (unpaired) electrons. The van der Waals surface area contributed by atoms with Crippen LogP contribution in [0.3, 0.4) is 0 Å². The number of aromatic carboxylic acids is 1. The fraction of sp³-hybridized carbons (Fsp3) is 0.556. The topological polar surface area (TPSA) is 78.9 Å². The lowest BCUT2D eigenvalue weighted by Gasteiger charge is -2.34. The minimum absolute atomic E-state index is 0.313. The molecule has 0 unspecified atom stereocenters. The summed E-state index contributed by atoms with van der Waals surface area (Å²) in [5, 5.41) is 12.2. The zero-order chi connectivity index (χ0) is 18.6. The van der Waals surface area contributed by atoms with Gasteiger partial charge in [0.05, 0.1) is 11.3 Å². The van der Waals surface area contributed by atoms with Gasteiger partial charge in [-0.3, -0.25) is 0 Å². The van der Waals surface area contributed by atoms with Crippen LogP contribution < -0.4 is 10.2 Å². The van der Waals surface area contributed by atoms with Crippen LogP contribution in [0.2, 0.25) is 0 Å². The lowest BCUT2D eigenvalue weighted by Crippen LogP contribution is -2.40. The number of ether oxygens (including phenoxy) is 1. The Labute approximate surface area is 156 Å². The van der Waals surface area contributed by atoms with E-state index in [1.807, 2.05) is 26.8 Å². The molecular weight excluding hydrogens is 388 g/mol. The molecule has 6 nitrogen and oxygen atoms in total. The van der Waals surface area contributed by atoms with Gasteiger partial charge in [-0.2, -0.15) is 0 Å². The van der Waals surface area contributed by atoms with Gasteiger partial charge in [-0.05, 0) is 57.7 Å². The average Bonchev–Trinajstić information content (AvgIpc) is 2.51. The largest absolute Gasteiger partial charge is 0.478 e. The van der Waals surface area contributed by atoms with Gasteiger partial charge in [0.1, 0.15) is 5.60 Å². The van der Waals surface area contributed by atoms with Crippen molar-refractivity contribution in [1.29, 1.82) is 0 Å². The van der Waals surface area contributed by atoms with Gasteiger partial charge in [-0.25, -0.2) is 9.59 Å². The monoisotopic (exact) mass is 412 g/mol. The van der Waals surface area contributed by atoms with E-state index in [4.69, 9.17) is 4.74 Å². The second-order valence-corrected chi connectivity index (χ2v) is 8.20. The lowest BCUT2D eigenvalue weighted by molar-refractivity contribution is 0.0516. The summed E-state index contributed by atoms with van der Waals surface area (Å²) in [4.78, 5) is 25.3. The van der Waals surface area contributed by atoms with E-state index in [9.17, 15) is 14.7 Å². The van der Waals surface area contributed by atoms with Crippen molar-refractivity contribution in [2.24, 2.45) is 5.92 Å². The van der Waals surface area contributed by atoms with E-state index in [0.29, 0.717) is 18.0 Å². The van der Waals surface area contributed by atoms with Gasteiger partial charge in [-0.15, -0.1) is 0 Å². The van der Waals surface area contributed by atoms with Crippen LogP contribution in [0.5, 0.6) is 0 Å². The number of piperidine rings is 1. The number of amides is 1. The number of halogens is 1. The minimum atomic E-state index is -0.920. The van der Waals surface area contributed by atoms with Crippen LogP contribution in [0.4, 0.5) is 10.5 Å². The summed E-state index contributed by atoms with van der Waals surface area (Å²) >= 11 is 3.41. The van der Waals surface area contributed by atoms with Crippen molar-refractivity contribution < 1.29 is 19.4 Å². The quantitative estimate of drug-likeness (QED) is 0.783. The van der Waals surface area contributed by atoms with Crippen LogP contribution in [0.1, 0.15) is 44.0 Å². The van der Waals surface area contributed by atoms with Crippen LogP contribution in [0, 0.1) is 5.92 Å². The zero-order valence-corrected chi connectivity index (χ0v) is 16.4.